The average molecular weight is 391 g/mol. The third-order valence-corrected chi connectivity index (χ3v) is 6.28. The maximum atomic E-state index is 14.9. The summed E-state index contributed by atoms with van der Waals surface area (Å²) in [5.74, 6) is -0.267. The van der Waals surface area contributed by atoms with Crippen molar-refractivity contribution in [2.24, 2.45) is 0 Å². The smallest absolute Gasteiger partial charge is 0.407 e. The van der Waals surface area contributed by atoms with E-state index in [0.29, 0.717) is 26.0 Å². The summed E-state index contributed by atoms with van der Waals surface area (Å²) in [6.07, 6.45) is -2.62. The van der Waals surface area contributed by atoms with Crippen molar-refractivity contribution >= 4 is 49.9 Å². The molecule has 26 heavy (non-hydrogen) atoms. The SMILES string of the molecule is CC(=O)Nc1sc2c(c1-c1nc3ccccc3s1)C(F)CN(C(=O)O)C2. The van der Waals surface area contributed by atoms with Crippen LogP contribution in [0.15, 0.2) is 24.3 Å². The normalized spacial score (nSPS) is 16.5. The molecule has 2 amide bonds. The molecule has 3 aromatic rings. The molecule has 0 saturated carbocycles. The van der Waals surface area contributed by atoms with Crippen LogP contribution in [0.3, 0.4) is 0 Å². The van der Waals surface area contributed by atoms with Crippen LogP contribution in [0.5, 0.6) is 0 Å². The van der Waals surface area contributed by atoms with Crippen LogP contribution >= 0.6 is 22.7 Å². The molecule has 0 spiro atoms. The second-order valence-corrected chi connectivity index (χ2v) is 8.08. The van der Waals surface area contributed by atoms with Crippen LogP contribution < -0.4 is 5.32 Å². The molecule has 1 aromatic carbocycles. The number of para-hydroxylation sites is 1. The summed E-state index contributed by atoms with van der Waals surface area (Å²) in [7, 11) is 0. The van der Waals surface area contributed by atoms with E-state index < -0.39 is 12.3 Å². The van der Waals surface area contributed by atoms with Gasteiger partial charge < -0.3 is 10.4 Å². The van der Waals surface area contributed by atoms with Crippen LogP contribution in [0.25, 0.3) is 20.8 Å². The predicted molar refractivity (Wildman–Crippen MR) is 99.5 cm³/mol. The Kier molecular flexibility index (Phi) is 4.12. The highest BCUT2D eigenvalue weighted by Gasteiger charge is 2.35. The van der Waals surface area contributed by atoms with E-state index in [0.717, 1.165) is 15.1 Å². The van der Waals surface area contributed by atoms with Crippen molar-refractivity contribution in [2.45, 2.75) is 19.6 Å². The number of carbonyl (C=O) groups excluding carboxylic acids is 1. The second kappa shape index (κ2) is 6.33. The number of halogens is 1. The van der Waals surface area contributed by atoms with Gasteiger partial charge in [-0.1, -0.05) is 12.1 Å². The van der Waals surface area contributed by atoms with Gasteiger partial charge >= 0.3 is 6.09 Å². The third-order valence-electron chi connectivity index (χ3n) is 4.12. The van der Waals surface area contributed by atoms with Gasteiger partial charge in [0.25, 0.3) is 0 Å². The van der Waals surface area contributed by atoms with E-state index in [1.807, 2.05) is 24.3 Å². The lowest BCUT2D eigenvalue weighted by molar-refractivity contribution is -0.114. The first-order chi connectivity index (χ1) is 12.4. The maximum Gasteiger partial charge on any atom is 0.407 e. The number of thiazole rings is 1. The number of nitrogens with zero attached hydrogens (tertiary/aromatic N) is 2. The Labute approximate surface area is 155 Å². The van der Waals surface area contributed by atoms with Crippen molar-refractivity contribution in [3.05, 3.63) is 34.7 Å². The fourth-order valence-corrected chi connectivity index (χ4v) is 5.45. The molecule has 1 unspecified atom stereocenters. The summed E-state index contributed by atoms with van der Waals surface area (Å²) in [5.41, 5.74) is 1.81. The summed E-state index contributed by atoms with van der Waals surface area (Å²) in [4.78, 5) is 29.1. The van der Waals surface area contributed by atoms with Crippen molar-refractivity contribution in [3.63, 3.8) is 0 Å². The van der Waals surface area contributed by atoms with Gasteiger partial charge in [0.2, 0.25) is 5.91 Å². The van der Waals surface area contributed by atoms with E-state index >= 15 is 0 Å². The molecule has 2 N–H and O–H groups in total. The van der Waals surface area contributed by atoms with Crippen molar-refractivity contribution in [1.82, 2.24) is 9.88 Å². The number of amides is 2. The Morgan fingerprint density at radius 1 is 1.35 bits per heavy atom. The molecular formula is C17H14FN3O3S2. The van der Waals surface area contributed by atoms with Crippen LogP contribution in [0, 0.1) is 0 Å². The zero-order valence-electron chi connectivity index (χ0n) is 13.7. The first-order valence-corrected chi connectivity index (χ1v) is 9.48. The summed E-state index contributed by atoms with van der Waals surface area (Å²) in [5, 5.41) is 13.1. The van der Waals surface area contributed by atoms with Crippen molar-refractivity contribution in [1.29, 1.82) is 0 Å². The van der Waals surface area contributed by atoms with Gasteiger partial charge in [-0.3, -0.25) is 9.69 Å². The molecule has 9 heteroatoms. The topological polar surface area (TPSA) is 82.5 Å². The quantitative estimate of drug-likeness (QED) is 0.674. The van der Waals surface area contributed by atoms with Gasteiger partial charge in [-0.15, -0.1) is 22.7 Å². The van der Waals surface area contributed by atoms with Gasteiger partial charge in [0, 0.05) is 17.4 Å². The summed E-state index contributed by atoms with van der Waals surface area (Å²) >= 11 is 2.64. The van der Waals surface area contributed by atoms with Gasteiger partial charge in [0.1, 0.15) is 16.2 Å². The monoisotopic (exact) mass is 391 g/mol. The van der Waals surface area contributed by atoms with Crippen LogP contribution in [-0.4, -0.2) is 33.5 Å². The number of thiophene rings is 1. The first kappa shape index (κ1) is 16.9. The van der Waals surface area contributed by atoms with Gasteiger partial charge in [0.15, 0.2) is 0 Å². The zero-order chi connectivity index (χ0) is 18.4. The average Bonchev–Trinajstić information content (AvgIpc) is 3.14. The number of carbonyl (C=O) groups is 2. The Morgan fingerprint density at radius 3 is 2.81 bits per heavy atom. The molecule has 1 atom stereocenters. The Bertz CT molecular complexity index is 997. The molecule has 1 aliphatic rings. The highest BCUT2D eigenvalue weighted by molar-refractivity contribution is 7.22. The zero-order valence-corrected chi connectivity index (χ0v) is 15.3. The molecule has 0 fully saturated rings. The van der Waals surface area contributed by atoms with Crippen LogP contribution in [-0.2, 0) is 11.3 Å². The van der Waals surface area contributed by atoms with Gasteiger partial charge in [0.05, 0.1) is 28.9 Å². The van der Waals surface area contributed by atoms with Crippen LogP contribution in [0.2, 0.25) is 0 Å². The predicted octanol–water partition coefficient (Wildman–Crippen LogP) is 4.49. The van der Waals surface area contributed by atoms with Crippen LogP contribution in [0.1, 0.15) is 23.5 Å². The molecule has 0 aliphatic carbocycles. The number of carboxylic acid groups (broad SMARTS) is 1. The molecule has 6 nitrogen and oxygen atoms in total. The molecule has 2 aromatic heterocycles. The molecule has 0 radical (unpaired) electrons. The number of fused-ring (bicyclic) bond motifs is 2. The molecule has 1 aliphatic heterocycles. The third kappa shape index (κ3) is 2.82. The highest BCUT2D eigenvalue weighted by atomic mass is 32.1. The molecule has 134 valence electrons. The lowest BCUT2D eigenvalue weighted by Crippen LogP contribution is -2.35. The number of hydrogen-bond donors (Lipinski definition) is 2. The number of hydrogen-bond acceptors (Lipinski definition) is 5. The van der Waals surface area contributed by atoms with E-state index in [4.69, 9.17) is 0 Å². The van der Waals surface area contributed by atoms with Gasteiger partial charge in [-0.25, -0.2) is 14.2 Å². The molecule has 0 bridgehead atoms. The fraction of sp³-hybridized carbons (Fsp3) is 0.235. The largest absolute Gasteiger partial charge is 0.465 e. The fourth-order valence-electron chi connectivity index (χ4n) is 3.05. The maximum absolute atomic E-state index is 14.9. The number of benzene rings is 1. The van der Waals surface area contributed by atoms with Crippen molar-refractivity contribution in [3.8, 4) is 10.6 Å². The van der Waals surface area contributed by atoms with Crippen LogP contribution in [0.4, 0.5) is 14.2 Å². The molecular weight excluding hydrogens is 377 g/mol. The number of nitrogens with one attached hydrogen (secondary N) is 1. The highest BCUT2D eigenvalue weighted by Crippen LogP contribution is 2.49. The summed E-state index contributed by atoms with van der Waals surface area (Å²) in [6, 6.07) is 7.61. The summed E-state index contributed by atoms with van der Waals surface area (Å²) < 4.78 is 15.9. The first-order valence-electron chi connectivity index (χ1n) is 7.85. The summed E-state index contributed by atoms with van der Waals surface area (Å²) in [6.45, 7) is 1.26. The lowest BCUT2D eigenvalue weighted by atomic mass is 10.0. The Morgan fingerprint density at radius 2 is 2.12 bits per heavy atom. The number of aromatic nitrogens is 1. The number of rotatable bonds is 2. The molecule has 3 heterocycles. The molecule has 0 saturated heterocycles. The van der Waals surface area contributed by atoms with Crippen molar-refractivity contribution < 1.29 is 19.1 Å². The number of alkyl halides is 1. The van der Waals surface area contributed by atoms with E-state index in [1.54, 1.807) is 0 Å². The van der Waals surface area contributed by atoms with E-state index in [9.17, 15) is 19.1 Å². The van der Waals surface area contributed by atoms with Gasteiger partial charge in [-0.05, 0) is 12.1 Å². The second-order valence-electron chi connectivity index (χ2n) is 5.94. The Balaban J connectivity index is 1.90. The van der Waals surface area contributed by atoms with Crippen molar-refractivity contribution in [2.75, 3.05) is 11.9 Å². The van der Waals surface area contributed by atoms with E-state index in [2.05, 4.69) is 10.3 Å². The lowest BCUT2D eigenvalue weighted by Gasteiger charge is -2.27. The standard InChI is InChI=1S/C17H14FN3O3S2/c1-8(22)19-15-14(16-20-10-4-2-3-5-11(10)25-16)13-9(18)6-21(17(23)24)7-12(13)26-15/h2-5,9H,6-7H2,1H3,(H,19,22)(H,23,24). The minimum absolute atomic E-state index is 0.104. The molecule has 4 rings (SSSR count). The minimum atomic E-state index is -1.46. The van der Waals surface area contributed by atoms with E-state index in [1.165, 1.54) is 29.6 Å². The van der Waals surface area contributed by atoms with Gasteiger partial charge in [-0.2, -0.15) is 0 Å². The Hall–Kier alpha value is -2.52. The van der Waals surface area contributed by atoms with E-state index in [-0.39, 0.29) is 19.0 Å². The minimum Gasteiger partial charge on any atom is -0.465 e. The number of anilines is 1.